The maximum atomic E-state index is 6.03. The summed E-state index contributed by atoms with van der Waals surface area (Å²) in [6.45, 7) is 8.87. The molecule has 5 nitrogen and oxygen atoms in total. The first-order valence-electron chi connectivity index (χ1n) is 9.32. The average molecular weight is 318 g/mol. The molecule has 1 aromatic heterocycles. The minimum Gasteiger partial charge on any atom is -0.380 e. The average Bonchev–Trinajstić information content (AvgIpc) is 3.07. The third-order valence-corrected chi connectivity index (χ3v) is 5.60. The number of hydrogen-bond acceptors (Lipinski definition) is 4. The quantitative estimate of drug-likeness (QED) is 0.768. The Morgan fingerprint density at radius 1 is 1.13 bits per heavy atom. The fraction of sp³-hybridized carbons (Fsp3) is 0.833. The molecule has 0 spiro atoms. The van der Waals surface area contributed by atoms with Crippen molar-refractivity contribution in [3.63, 3.8) is 0 Å². The van der Waals surface area contributed by atoms with Gasteiger partial charge in [-0.05, 0) is 44.7 Å². The maximum absolute atomic E-state index is 6.03. The molecule has 2 fully saturated rings. The van der Waals surface area contributed by atoms with E-state index >= 15 is 0 Å². The third kappa shape index (κ3) is 3.78. The van der Waals surface area contributed by atoms with Gasteiger partial charge in [-0.1, -0.05) is 0 Å². The summed E-state index contributed by atoms with van der Waals surface area (Å²) in [4.78, 5) is 9.83. The van der Waals surface area contributed by atoms with Crippen molar-refractivity contribution in [1.29, 1.82) is 0 Å². The van der Waals surface area contributed by atoms with Gasteiger partial charge in [0.25, 0.3) is 0 Å². The summed E-state index contributed by atoms with van der Waals surface area (Å²) >= 11 is 0. The minimum atomic E-state index is 0.476. The lowest BCUT2D eigenvalue weighted by Gasteiger charge is -2.33. The number of imidazole rings is 1. The first-order chi connectivity index (χ1) is 11.3. The van der Waals surface area contributed by atoms with Crippen LogP contribution in [0.4, 0.5) is 0 Å². The van der Waals surface area contributed by atoms with Crippen LogP contribution in [0.1, 0.15) is 43.0 Å². The van der Waals surface area contributed by atoms with Crippen LogP contribution in [0.2, 0.25) is 0 Å². The van der Waals surface area contributed by atoms with Crippen LogP contribution in [0.3, 0.4) is 0 Å². The molecule has 1 saturated carbocycles. The molecule has 5 heteroatoms. The number of hydrogen-bond donors (Lipinski definition) is 0. The van der Waals surface area contributed by atoms with Crippen molar-refractivity contribution >= 4 is 0 Å². The Labute approximate surface area is 139 Å². The van der Waals surface area contributed by atoms with Gasteiger partial charge >= 0.3 is 0 Å². The molecule has 128 valence electrons. The molecule has 0 bridgehead atoms. The molecule has 3 heterocycles. The van der Waals surface area contributed by atoms with Gasteiger partial charge < -0.3 is 14.2 Å². The molecule has 0 radical (unpaired) electrons. The Bertz CT molecular complexity index is 519. The second kappa shape index (κ2) is 6.91. The zero-order valence-corrected chi connectivity index (χ0v) is 14.4. The van der Waals surface area contributed by atoms with Gasteiger partial charge in [0.2, 0.25) is 0 Å². The number of nitrogens with zero attached hydrogens (tertiary/aromatic N) is 4. The van der Waals surface area contributed by atoms with E-state index in [-0.39, 0.29) is 0 Å². The standard InChI is InChI=1S/C18H30N4O/c1-20-14-19-17-11-22(9-8-21-6-2-3-7-21)10-16(18(17)20)13-23-12-15-4-5-15/h14-16H,2-13H2,1H3. The number of rotatable bonds is 7. The van der Waals surface area contributed by atoms with Crippen LogP contribution in [0.15, 0.2) is 6.33 Å². The number of ether oxygens (including phenoxy) is 1. The largest absolute Gasteiger partial charge is 0.380 e. The van der Waals surface area contributed by atoms with Crippen LogP contribution in [-0.2, 0) is 18.3 Å². The highest BCUT2D eigenvalue weighted by Gasteiger charge is 2.30. The van der Waals surface area contributed by atoms with Gasteiger partial charge in [0.1, 0.15) is 0 Å². The van der Waals surface area contributed by atoms with Gasteiger partial charge in [0.15, 0.2) is 0 Å². The molecule has 1 aromatic rings. The molecule has 3 aliphatic rings. The van der Waals surface area contributed by atoms with Crippen molar-refractivity contribution in [2.45, 2.75) is 38.1 Å². The van der Waals surface area contributed by atoms with Crippen molar-refractivity contribution in [2.24, 2.45) is 13.0 Å². The molecule has 23 heavy (non-hydrogen) atoms. The van der Waals surface area contributed by atoms with Gasteiger partial charge in [0.05, 0.1) is 18.6 Å². The molecule has 0 N–H and O–H groups in total. The lowest BCUT2D eigenvalue weighted by Crippen LogP contribution is -2.40. The molecule has 0 amide bonds. The molecule has 1 unspecified atom stereocenters. The van der Waals surface area contributed by atoms with Crippen molar-refractivity contribution < 1.29 is 4.74 Å². The molecular weight excluding hydrogens is 288 g/mol. The lowest BCUT2D eigenvalue weighted by atomic mass is 9.99. The Morgan fingerprint density at radius 2 is 1.91 bits per heavy atom. The number of aromatic nitrogens is 2. The van der Waals surface area contributed by atoms with Crippen LogP contribution in [-0.4, -0.2) is 65.3 Å². The molecule has 4 rings (SSSR count). The molecule has 2 aliphatic heterocycles. The van der Waals surface area contributed by atoms with E-state index in [9.17, 15) is 0 Å². The predicted molar refractivity (Wildman–Crippen MR) is 90.4 cm³/mol. The summed E-state index contributed by atoms with van der Waals surface area (Å²) < 4.78 is 8.23. The maximum Gasteiger partial charge on any atom is 0.0949 e. The van der Waals surface area contributed by atoms with Gasteiger partial charge in [0, 0.05) is 51.4 Å². The molecule has 1 aliphatic carbocycles. The van der Waals surface area contributed by atoms with Crippen LogP contribution >= 0.6 is 0 Å². The van der Waals surface area contributed by atoms with Gasteiger partial charge in [-0.3, -0.25) is 4.90 Å². The number of fused-ring (bicyclic) bond motifs is 1. The highest BCUT2D eigenvalue weighted by molar-refractivity contribution is 5.21. The predicted octanol–water partition coefficient (Wildman–Crippen LogP) is 1.84. The van der Waals surface area contributed by atoms with E-state index in [1.165, 1.54) is 56.7 Å². The number of likely N-dealkylation sites (tertiary alicyclic amines) is 1. The first kappa shape index (κ1) is 15.6. The third-order valence-electron chi connectivity index (χ3n) is 5.60. The Hall–Kier alpha value is -0.910. The lowest BCUT2D eigenvalue weighted by molar-refractivity contribution is 0.0861. The van der Waals surface area contributed by atoms with Crippen LogP contribution in [0, 0.1) is 5.92 Å². The second-order valence-corrected chi connectivity index (χ2v) is 7.65. The van der Waals surface area contributed by atoms with Gasteiger partial charge in [-0.2, -0.15) is 0 Å². The highest BCUT2D eigenvalue weighted by atomic mass is 16.5. The second-order valence-electron chi connectivity index (χ2n) is 7.65. The van der Waals surface area contributed by atoms with E-state index in [1.54, 1.807) is 0 Å². The van der Waals surface area contributed by atoms with E-state index in [0.717, 1.165) is 38.8 Å². The number of aryl methyl sites for hydroxylation is 1. The fourth-order valence-electron chi connectivity index (χ4n) is 4.06. The normalized spacial score (nSPS) is 25.9. The smallest absolute Gasteiger partial charge is 0.0949 e. The van der Waals surface area contributed by atoms with E-state index in [4.69, 9.17) is 4.74 Å². The monoisotopic (exact) mass is 318 g/mol. The summed E-state index contributed by atoms with van der Waals surface area (Å²) in [6.07, 6.45) is 7.46. The van der Waals surface area contributed by atoms with Gasteiger partial charge in [-0.15, -0.1) is 0 Å². The van der Waals surface area contributed by atoms with E-state index < -0.39 is 0 Å². The first-order valence-corrected chi connectivity index (χ1v) is 9.32. The minimum absolute atomic E-state index is 0.476. The molecular formula is C18H30N4O. The van der Waals surface area contributed by atoms with E-state index in [0.29, 0.717) is 5.92 Å². The zero-order chi connectivity index (χ0) is 15.6. The van der Waals surface area contributed by atoms with Crippen molar-refractivity contribution in [1.82, 2.24) is 19.4 Å². The summed E-state index contributed by atoms with van der Waals surface area (Å²) in [5.74, 6) is 1.32. The molecule has 1 atom stereocenters. The van der Waals surface area contributed by atoms with Crippen molar-refractivity contribution in [3.05, 3.63) is 17.7 Å². The summed E-state index contributed by atoms with van der Waals surface area (Å²) in [7, 11) is 2.12. The van der Waals surface area contributed by atoms with Crippen LogP contribution in [0.5, 0.6) is 0 Å². The highest BCUT2D eigenvalue weighted by Crippen LogP contribution is 2.31. The topological polar surface area (TPSA) is 33.5 Å². The van der Waals surface area contributed by atoms with E-state index in [2.05, 4.69) is 26.4 Å². The van der Waals surface area contributed by atoms with Crippen molar-refractivity contribution in [3.8, 4) is 0 Å². The Balaban J connectivity index is 1.36. The Kier molecular flexibility index (Phi) is 4.69. The zero-order valence-electron chi connectivity index (χ0n) is 14.4. The van der Waals surface area contributed by atoms with Crippen molar-refractivity contribution in [2.75, 3.05) is 45.9 Å². The van der Waals surface area contributed by atoms with E-state index in [1.807, 2.05) is 6.33 Å². The molecule has 0 aromatic carbocycles. The molecule has 1 saturated heterocycles. The SMILES string of the molecule is Cn1cnc2c1C(COCC1CC1)CN(CCN1CCCC1)C2. The summed E-state index contributed by atoms with van der Waals surface area (Å²) in [6, 6.07) is 0. The fourth-order valence-corrected chi connectivity index (χ4v) is 4.06. The van der Waals surface area contributed by atoms with Crippen LogP contribution < -0.4 is 0 Å². The summed E-state index contributed by atoms with van der Waals surface area (Å²) in [5, 5.41) is 0. The van der Waals surface area contributed by atoms with Crippen LogP contribution in [0.25, 0.3) is 0 Å². The van der Waals surface area contributed by atoms with Gasteiger partial charge in [-0.25, -0.2) is 4.98 Å². The summed E-state index contributed by atoms with van der Waals surface area (Å²) in [5.41, 5.74) is 2.67. The Morgan fingerprint density at radius 3 is 2.70 bits per heavy atom.